The van der Waals surface area contributed by atoms with Crippen LogP contribution < -0.4 is 0 Å². The topological polar surface area (TPSA) is 49.7 Å². The zero-order valence-electron chi connectivity index (χ0n) is 8.55. The number of aliphatic hydroxyl groups is 2. The summed E-state index contributed by atoms with van der Waals surface area (Å²) in [7, 11) is 0. The Balaban J connectivity index is 2.74. The van der Waals surface area contributed by atoms with Crippen molar-refractivity contribution in [2.45, 2.75) is 38.7 Å². The highest BCUT2D eigenvalue weighted by molar-refractivity contribution is 4.96. The first kappa shape index (κ1) is 11.0. The molecular weight excluding hydrogens is 168 g/mol. The maximum atomic E-state index is 10.4. The minimum atomic E-state index is -0.741. The second kappa shape index (κ2) is 3.95. The van der Waals surface area contributed by atoms with E-state index < -0.39 is 5.60 Å². The third-order valence-corrected chi connectivity index (χ3v) is 3.57. The molecule has 1 aliphatic rings. The largest absolute Gasteiger partial charge is 0.396 e. The van der Waals surface area contributed by atoms with Crippen molar-refractivity contribution in [3.63, 3.8) is 0 Å². The first-order chi connectivity index (χ1) is 6.08. The fraction of sp³-hybridized carbons (Fsp3) is 1.00. The predicted octanol–water partition coefficient (Wildman–Crippen LogP) is 0.936. The van der Waals surface area contributed by atoms with Crippen LogP contribution in [-0.2, 0) is 4.74 Å². The molecule has 0 saturated carbocycles. The summed E-state index contributed by atoms with van der Waals surface area (Å²) in [5.74, 6) is 0. The molecule has 78 valence electrons. The fourth-order valence-electron chi connectivity index (χ4n) is 1.90. The van der Waals surface area contributed by atoms with Crippen LogP contribution in [0.25, 0.3) is 0 Å². The van der Waals surface area contributed by atoms with E-state index in [1.165, 1.54) is 0 Å². The summed E-state index contributed by atoms with van der Waals surface area (Å²) in [6.45, 7) is 5.19. The molecule has 0 bridgehead atoms. The average molecular weight is 188 g/mol. The van der Waals surface area contributed by atoms with Crippen LogP contribution in [-0.4, -0.2) is 35.6 Å². The van der Waals surface area contributed by atoms with E-state index in [1.807, 2.05) is 13.8 Å². The van der Waals surface area contributed by atoms with Crippen molar-refractivity contribution in [2.75, 3.05) is 19.8 Å². The molecule has 0 amide bonds. The Hall–Kier alpha value is -0.120. The van der Waals surface area contributed by atoms with Gasteiger partial charge in [-0.25, -0.2) is 0 Å². The summed E-state index contributed by atoms with van der Waals surface area (Å²) in [6.07, 6.45) is 2.07. The molecule has 13 heavy (non-hydrogen) atoms. The Labute approximate surface area is 79.7 Å². The summed E-state index contributed by atoms with van der Waals surface area (Å²) in [5, 5.41) is 19.7. The zero-order valence-corrected chi connectivity index (χ0v) is 8.55. The second-order valence-electron chi connectivity index (χ2n) is 4.22. The van der Waals surface area contributed by atoms with E-state index in [0.717, 1.165) is 6.42 Å². The SMILES string of the molecule is CCC(C)(CO)C1(O)CCOCC1. The molecule has 0 aromatic heterocycles. The number of aliphatic hydroxyl groups excluding tert-OH is 1. The van der Waals surface area contributed by atoms with Gasteiger partial charge in [0, 0.05) is 31.5 Å². The van der Waals surface area contributed by atoms with Crippen molar-refractivity contribution in [1.29, 1.82) is 0 Å². The highest BCUT2D eigenvalue weighted by Gasteiger charge is 2.45. The highest BCUT2D eigenvalue weighted by Crippen LogP contribution is 2.40. The van der Waals surface area contributed by atoms with Crippen molar-refractivity contribution >= 4 is 0 Å². The van der Waals surface area contributed by atoms with Gasteiger partial charge in [-0.2, -0.15) is 0 Å². The summed E-state index contributed by atoms with van der Waals surface area (Å²) in [6, 6.07) is 0. The molecular formula is C10H20O3. The van der Waals surface area contributed by atoms with E-state index in [0.29, 0.717) is 26.1 Å². The van der Waals surface area contributed by atoms with Crippen LogP contribution in [0.2, 0.25) is 0 Å². The standard InChI is InChI=1S/C10H20O3/c1-3-9(2,8-11)10(12)4-6-13-7-5-10/h11-12H,3-8H2,1-2H3. The van der Waals surface area contributed by atoms with E-state index in [-0.39, 0.29) is 12.0 Å². The van der Waals surface area contributed by atoms with Crippen molar-refractivity contribution in [1.82, 2.24) is 0 Å². The second-order valence-corrected chi connectivity index (χ2v) is 4.22. The lowest BCUT2D eigenvalue weighted by molar-refractivity contribution is -0.154. The summed E-state index contributed by atoms with van der Waals surface area (Å²) in [5.41, 5.74) is -1.12. The van der Waals surface area contributed by atoms with Crippen molar-refractivity contribution in [3.8, 4) is 0 Å². The van der Waals surface area contributed by atoms with Crippen molar-refractivity contribution in [2.24, 2.45) is 5.41 Å². The van der Waals surface area contributed by atoms with Crippen LogP contribution in [0, 0.1) is 5.41 Å². The Morgan fingerprint density at radius 2 is 1.92 bits per heavy atom. The lowest BCUT2D eigenvalue weighted by atomic mass is 9.68. The van der Waals surface area contributed by atoms with Crippen LogP contribution in [0.4, 0.5) is 0 Å². The van der Waals surface area contributed by atoms with Crippen LogP contribution in [0.1, 0.15) is 33.1 Å². The van der Waals surface area contributed by atoms with Gasteiger partial charge in [-0.1, -0.05) is 13.8 Å². The normalized spacial score (nSPS) is 26.8. The third kappa shape index (κ3) is 1.87. The lowest BCUT2D eigenvalue weighted by Crippen LogP contribution is -2.51. The van der Waals surface area contributed by atoms with Gasteiger partial charge < -0.3 is 14.9 Å². The number of rotatable bonds is 3. The molecule has 1 atom stereocenters. The zero-order chi connectivity index (χ0) is 9.95. The van der Waals surface area contributed by atoms with E-state index >= 15 is 0 Å². The van der Waals surface area contributed by atoms with Gasteiger partial charge in [0.2, 0.25) is 0 Å². The van der Waals surface area contributed by atoms with Crippen LogP contribution in [0.15, 0.2) is 0 Å². The molecule has 0 aromatic rings. The van der Waals surface area contributed by atoms with Gasteiger partial charge in [0.15, 0.2) is 0 Å². The number of hydrogen-bond donors (Lipinski definition) is 2. The minimum Gasteiger partial charge on any atom is -0.396 e. The highest BCUT2D eigenvalue weighted by atomic mass is 16.5. The molecule has 1 fully saturated rings. The molecule has 1 unspecified atom stereocenters. The molecule has 2 N–H and O–H groups in total. The Kier molecular flexibility index (Phi) is 3.33. The monoisotopic (exact) mass is 188 g/mol. The quantitative estimate of drug-likeness (QED) is 0.693. The molecule has 1 aliphatic heterocycles. The average Bonchev–Trinajstić information content (AvgIpc) is 2.17. The van der Waals surface area contributed by atoms with Gasteiger partial charge in [-0.3, -0.25) is 0 Å². The minimum absolute atomic E-state index is 0.0417. The summed E-state index contributed by atoms with van der Waals surface area (Å²) in [4.78, 5) is 0. The molecule has 1 rings (SSSR count). The van der Waals surface area contributed by atoms with Crippen LogP contribution in [0.3, 0.4) is 0 Å². The van der Waals surface area contributed by atoms with Gasteiger partial charge in [0.1, 0.15) is 0 Å². The smallest absolute Gasteiger partial charge is 0.0766 e. The molecule has 0 aliphatic carbocycles. The molecule has 3 nitrogen and oxygen atoms in total. The van der Waals surface area contributed by atoms with Gasteiger partial charge in [-0.05, 0) is 6.42 Å². The Bertz CT molecular complexity index is 158. The van der Waals surface area contributed by atoms with E-state index in [1.54, 1.807) is 0 Å². The first-order valence-corrected chi connectivity index (χ1v) is 4.99. The Morgan fingerprint density at radius 3 is 2.31 bits per heavy atom. The van der Waals surface area contributed by atoms with Gasteiger partial charge in [-0.15, -0.1) is 0 Å². The molecule has 1 heterocycles. The maximum absolute atomic E-state index is 10.4. The molecule has 0 spiro atoms. The van der Waals surface area contributed by atoms with E-state index in [4.69, 9.17) is 4.74 Å². The lowest BCUT2D eigenvalue weighted by Gasteiger charge is -2.45. The predicted molar refractivity (Wildman–Crippen MR) is 50.5 cm³/mol. The molecule has 3 heteroatoms. The van der Waals surface area contributed by atoms with Crippen molar-refractivity contribution in [3.05, 3.63) is 0 Å². The van der Waals surface area contributed by atoms with Gasteiger partial charge in [0.25, 0.3) is 0 Å². The van der Waals surface area contributed by atoms with Crippen molar-refractivity contribution < 1.29 is 14.9 Å². The molecule has 0 aromatic carbocycles. The molecule has 0 radical (unpaired) electrons. The van der Waals surface area contributed by atoms with E-state index in [9.17, 15) is 10.2 Å². The van der Waals surface area contributed by atoms with Gasteiger partial charge >= 0.3 is 0 Å². The third-order valence-electron chi connectivity index (χ3n) is 3.57. The van der Waals surface area contributed by atoms with Gasteiger partial charge in [0.05, 0.1) is 12.2 Å². The maximum Gasteiger partial charge on any atom is 0.0766 e. The van der Waals surface area contributed by atoms with Crippen LogP contribution in [0.5, 0.6) is 0 Å². The number of ether oxygens (including phenoxy) is 1. The Morgan fingerprint density at radius 1 is 1.38 bits per heavy atom. The fourth-order valence-corrected chi connectivity index (χ4v) is 1.90. The van der Waals surface area contributed by atoms with E-state index in [2.05, 4.69) is 0 Å². The molecule has 1 saturated heterocycles. The first-order valence-electron chi connectivity index (χ1n) is 4.99. The van der Waals surface area contributed by atoms with Crippen LogP contribution >= 0.6 is 0 Å². The summed E-state index contributed by atoms with van der Waals surface area (Å²) < 4.78 is 5.21. The number of hydrogen-bond acceptors (Lipinski definition) is 3. The summed E-state index contributed by atoms with van der Waals surface area (Å²) >= 11 is 0.